The summed E-state index contributed by atoms with van der Waals surface area (Å²) in [4.78, 5) is 0. The summed E-state index contributed by atoms with van der Waals surface area (Å²) >= 11 is 2.88. The van der Waals surface area contributed by atoms with Crippen molar-refractivity contribution in [2.75, 3.05) is 6.67 Å². The lowest BCUT2D eigenvalue weighted by Crippen LogP contribution is -2.12. The van der Waals surface area contributed by atoms with Gasteiger partial charge < -0.3 is 10.8 Å². The van der Waals surface area contributed by atoms with E-state index in [2.05, 4.69) is 15.9 Å². The maximum atomic E-state index is 13.0. The fourth-order valence-electron chi connectivity index (χ4n) is 0.937. The van der Waals surface area contributed by atoms with Gasteiger partial charge in [-0.25, -0.2) is 8.78 Å². The molecule has 0 unspecified atom stereocenters. The number of aromatic hydroxyl groups is 1. The van der Waals surface area contributed by atoms with Crippen LogP contribution in [0.25, 0.3) is 0 Å². The van der Waals surface area contributed by atoms with E-state index in [-0.39, 0.29) is 10.0 Å². The van der Waals surface area contributed by atoms with Crippen LogP contribution in [0.1, 0.15) is 11.6 Å². The summed E-state index contributed by atoms with van der Waals surface area (Å²) in [6, 6.07) is 1.77. The van der Waals surface area contributed by atoms with Crippen LogP contribution in [-0.4, -0.2) is 11.8 Å². The second-order valence-electron chi connectivity index (χ2n) is 2.56. The minimum Gasteiger partial charge on any atom is -0.505 e. The largest absolute Gasteiger partial charge is 0.505 e. The first kappa shape index (κ1) is 10.4. The molecule has 1 atom stereocenters. The Morgan fingerprint density at radius 1 is 1.54 bits per heavy atom. The SMILES string of the molecule is N[C@H](CF)c1ccc(Br)c(F)c1O. The van der Waals surface area contributed by atoms with Crippen molar-refractivity contribution in [1.82, 2.24) is 0 Å². The van der Waals surface area contributed by atoms with Gasteiger partial charge in [-0.2, -0.15) is 0 Å². The van der Waals surface area contributed by atoms with Crippen LogP contribution in [0.5, 0.6) is 5.75 Å². The normalized spacial score (nSPS) is 12.9. The van der Waals surface area contributed by atoms with Crippen molar-refractivity contribution in [1.29, 1.82) is 0 Å². The lowest BCUT2D eigenvalue weighted by molar-refractivity contribution is 0.395. The summed E-state index contributed by atoms with van der Waals surface area (Å²) in [5.74, 6) is -1.42. The van der Waals surface area contributed by atoms with Crippen LogP contribution in [0, 0.1) is 5.82 Å². The molecular weight excluding hydrogens is 244 g/mol. The molecule has 0 saturated carbocycles. The van der Waals surface area contributed by atoms with Gasteiger partial charge in [0.15, 0.2) is 11.6 Å². The zero-order valence-corrected chi connectivity index (χ0v) is 8.18. The Kier molecular flexibility index (Phi) is 3.22. The Labute approximate surface area is 82.5 Å². The Balaban J connectivity index is 3.18. The number of halogens is 3. The molecule has 0 aromatic heterocycles. The minimum absolute atomic E-state index is 0.0724. The number of hydrogen-bond donors (Lipinski definition) is 2. The predicted molar refractivity (Wildman–Crippen MR) is 48.7 cm³/mol. The summed E-state index contributed by atoms with van der Waals surface area (Å²) in [7, 11) is 0. The maximum Gasteiger partial charge on any atom is 0.179 e. The number of phenolic OH excluding ortho intramolecular Hbond substituents is 1. The summed E-state index contributed by atoms with van der Waals surface area (Å²) in [6.45, 7) is -0.839. The Bertz CT molecular complexity index is 319. The highest BCUT2D eigenvalue weighted by atomic mass is 79.9. The number of alkyl halides is 1. The average Bonchev–Trinajstić information content (AvgIpc) is 2.13. The van der Waals surface area contributed by atoms with E-state index >= 15 is 0 Å². The Hall–Kier alpha value is -0.680. The third kappa shape index (κ3) is 1.97. The van der Waals surface area contributed by atoms with Gasteiger partial charge in [0, 0.05) is 5.56 Å². The Morgan fingerprint density at radius 2 is 2.15 bits per heavy atom. The molecule has 0 amide bonds. The highest BCUT2D eigenvalue weighted by molar-refractivity contribution is 9.10. The van der Waals surface area contributed by atoms with Crippen LogP contribution in [0.15, 0.2) is 16.6 Å². The van der Waals surface area contributed by atoms with Crippen molar-refractivity contribution in [3.63, 3.8) is 0 Å². The maximum absolute atomic E-state index is 13.0. The molecule has 1 rings (SSSR count). The molecule has 0 bridgehead atoms. The number of phenols is 1. The van der Waals surface area contributed by atoms with Crippen molar-refractivity contribution >= 4 is 15.9 Å². The highest BCUT2D eigenvalue weighted by Crippen LogP contribution is 2.30. The average molecular weight is 252 g/mol. The molecule has 13 heavy (non-hydrogen) atoms. The summed E-state index contributed by atoms with van der Waals surface area (Å²) in [5.41, 5.74) is 5.37. The molecule has 0 aliphatic rings. The molecule has 5 heteroatoms. The van der Waals surface area contributed by atoms with E-state index in [4.69, 9.17) is 5.73 Å². The first-order valence-corrected chi connectivity index (χ1v) is 4.35. The molecule has 72 valence electrons. The van der Waals surface area contributed by atoms with E-state index in [1.165, 1.54) is 12.1 Å². The molecule has 2 nitrogen and oxygen atoms in total. The van der Waals surface area contributed by atoms with Gasteiger partial charge in [-0.1, -0.05) is 6.07 Å². The molecule has 0 aliphatic carbocycles. The fraction of sp³-hybridized carbons (Fsp3) is 0.250. The van der Waals surface area contributed by atoms with Crippen molar-refractivity contribution in [3.8, 4) is 5.75 Å². The van der Waals surface area contributed by atoms with E-state index in [1.54, 1.807) is 0 Å². The number of hydrogen-bond acceptors (Lipinski definition) is 2. The van der Waals surface area contributed by atoms with Crippen molar-refractivity contribution in [3.05, 3.63) is 28.0 Å². The summed E-state index contributed by atoms with van der Waals surface area (Å²) in [5, 5.41) is 9.23. The number of nitrogens with two attached hydrogens (primary N) is 1. The predicted octanol–water partition coefficient (Wildman–Crippen LogP) is 2.26. The van der Waals surface area contributed by atoms with Gasteiger partial charge in [0.1, 0.15) is 6.67 Å². The first-order chi connectivity index (χ1) is 6.07. The van der Waals surface area contributed by atoms with E-state index < -0.39 is 24.3 Å². The third-order valence-corrected chi connectivity index (χ3v) is 2.28. The molecule has 1 aromatic rings. The lowest BCUT2D eigenvalue weighted by atomic mass is 10.1. The Morgan fingerprint density at radius 3 is 2.69 bits per heavy atom. The smallest absolute Gasteiger partial charge is 0.179 e. The van der Waals surface area contributed by atoms with E-state index in [0.29, 0.717) is 0 Å². The molecule has 3 N–H and O–H groups in total. The van der Waals surface area contributed by atoms with Crippen molar-refractivity contribution in [2.24, 2.45) is 5.73 Å². The van der Waals surface area contributed by atoms with E-state index in [9.17, 15) is 13.9 Å². The zero-order chi connectivity index (χ0) is 10.0. The van der Waals surface area contributed by atoms with Gasteiger partial charge in [-0.05, 0) is 22.0 Å². The van der Waals surface area contributed by atoms with E-state index in [1.807, 2.05) is 0 Å². The van der Waals surface area contributed by atoms with Gasteiger partial charge in [0.05, 0.1) is 10.5 Å². The topological polar surface area (TPSA) is 46.2 Å². The van der Waals surface area contributed by atoms with Crippen LogP contribution in [-0.2, 0) is 0 Å². The second-order valence-corrected chi connectivity index (χ2v) is 3.41. The summed E-state index contributed by atoms with van der Waals surface area (Å²) in [6.07, 6.45) is 0. The molecule has 1 aromatic carbocycles. The van der Waals surface area contributed by atoms with Gasteiger partial charge >= 0.3 is 0 Å². The molecule has 0 radical (unpaired) electrons. The molecule has 0 saturated heterocycles. The second kappa shape index (κ2) is 4.02. The molecular formula is C8H8BrF2NO. The monoisotopic (exact) mass is 251 g/mol. The number of rotatable bonds is 2. The van der Waals surface area contributed by atoms with Crippen LogP contribution in [0.2, 0.25) is 0 Å². The highest BCUT2D eigenvalue weighted by Gasteiger charge is 2.15. The van der Waals surface area contributed by atoms with Gasteiger partial charge in [-0.3, -0.25) is 0 Å². The molecule has 0 fully saturated rings. The van der Waals surface area contributed by atoms with Crippen LogP contribution < -0.4 is 5.73 Å². The third-order valence-electron chi connectivity index (χ3n) is 1.67. The van der Waals surface area contributed by atoms with Gasteiger partial charge in [-0.15, -0.1) is 0 Å². The quantitative estimate of drug-likeness (QED) is 0.847. The van der Waals surface area contributed by atoms with Crippen LogP contribution in [0.4, 0.5) is 8.78 Å². The van der Waals surface area contributed by atoms with Gasteiger partial charge in [0.2, 0.25) is 0 Å². The van der Waals surface area contributed by atoms with E-state index in [0.717, 1.165) is 0 Å². The minimum atomic E-state index is -0.984. The molecule has 0 heterocycles. The lowest BCUT2D eigenvalue weighted by Gasteiger charge is -2.10. The summed E-state index contributed by atoms with van der Waals surface area (Å²) < 4.78 is 25.3. The first-order valence-electron chi connectivity index (χ1n) is 3.56. The number of benzene rings is 1. The molecule has 0 spiro atoms. The standard InChI is InChI=1S/C8H8BrF2NO/c9-5-2-1-4(6(12)3-10)8(13)7(5)11/h1-2,6,13H,3,12H2/t6-/m1/s1. The van der Waals surface area contributed by atoms with Gasteiger partial charge in [0.25, 0.3) is 0 Å². The zero-order valence-electron chi connectivity index (χ0n) is 6.60. The van der Waals surface area contributed by atoms with Crippen LogP contribution >= 0.6 is 15.9 Å². The van der Waals surface area contributed by atoms with Crippen molar-refractivity contribution in [2.45, 2.75) is 6.04 Å². The molecule has 0 aliphatic heterocycles. The fourth-order valence-corrected chi connectivity index (χ4v) is 1.26. The van der Waals surface area contributed by atoms with Crippen LogP contribution in [0.3, 0.4) is 0 Å². The van der Waals surface area contributed by atoms with Crippen molar-refractivity contribution < 1.29 is 13.9 Å².